The standard InChI is InChI=1S/C11H18N2O3S.ClH/c1-9-4-5-10(16-3)11(8-9)17(14,15)13-7-6-12-2;/h4-5,8,12-13H,6-7H2,1-3H3;1H. The first-order valence-corrected chi connectivity index (χ1v) is 6.78. The minimum Gasteiger partial charge on any atom is -0.495 e. The molecule has 0 aliphatic rings. The fraction of sp³-hybridized carbons (Fsp3) is 0.455. The van der Waals surface area contributed by atoms with Gasteiger partial charge in [0.15, 0.2) is 0 Å². The van der Waals surface area contributed by atoms with Crippen LogP contribution in [0.4, 0.5) is 0 Å². The molecule has 1 aromatic rings. The van der Waals surface area contributed by atoms with E-state index in [4.69, 9.17) is 4.74 Å². The molecule has 0 saturated heterocycles. The Morgan fingerprint density at radius 2 is 1.94 bits per heavy atom. The fourth-order valence-electron chi connectivity index (χ4n) is 1.38. The smallest absolute Gasteiger partial charge is 0.244 e. The molecular formula is C11H19ClN2O3S. The van der Waals surface area contributed by atoms with Gasteiger partial charge in [-0.15, -0.1) is 12.4 Å². The summed E-state index contributed by atoms with van der Waals surface area (Å²) in [6.45, 7) is 2.76. The van der Waals surface area contributed by atoms with Crippen LogP contribution in [0.3, 0.4) is 0 Å². The number of hydrogen-bond acceptors (Lipinski definition) is 4. The molecule has 0 fully saturated rings. The summed E-state index contributed by atoms with van der Waals surface area (Å²) in [5.41, 5.74) is 0.875. The average Bonchev–Trinajstić information content (AvgIpc) is 2.29. The van der Waals surface area contributed by atoms with Gasteiger partial charge in [-0.2, -0.15) is 0 Å². The zero-order valence-electron chi connectivity index (χ0n) is 10.7. The van der Waals surface area contributed by atoms with E-state index in [1.54, 1.807) is 19.2 Å². The highest BCUT2D eigenvalue weighted by Crippen LogP contribution is 2.24. The lowest BCUT2D eigenvalue weighted by molar-refractivity contribution is 0.402. The van der Waals surface area contributed by atoms with Crippen LogP contribution < -0.4 is 14.8 Å². The number of methoxy groups -OCH3 is 1. The minimum atomic E-state index is -3.51. The van der Waals surface area contributed by atoms with Gasteiger partial charge in [0, 0.05) is 13.1 Å². The van der Waals surface area contributed by atoms with Crippen LogP contribution in [0.2, 0.25) is 0 Å². The van der Waals surface area contributed by atoms with Gasteiger partial charge in [0.2, 0.25) is 10.0 Å². The summed E-state index contributed by atoms with van der Waals surface area (Å²) in [4.78, 5) is 0.177. The molecule has 0 spiro atoms. The molecule has 0 saturated carbocycles. The second-order valence-corrected chi connectivity index (χ2v) is 5.39. The largest absolute Gasteiger partial charge is 0.495 e. The van der Waals surface area contributed by atoms with E-state index in [1.165, 1.54) is 7.11 Å². The van der Waals surface area contributed by atoms with Gasteiger partial charge in [-0.25, -0.2) is 13.1 Å². The summed E-state index contributed by atoms with van der Waals surface area (Å²) in [5, 5.41) is 2.87. The van der Waals surface area contributed by atoms with Crippen molar-refractivity contribution >= 4 is 22.4 Å². The number of likely N-dealkylation sites (N-methyl/N-ethyl adjacent to an activating group) is 1. The first-order valence-electron chi connectivity index (χ1n) is 5.30. The predicted octanol–water partition coefficient (Wildman–Crippen LogP) is 0.923. The van der Waals surface area contributed by atoms with Crippen molar-refractivity contribution < 1.29 is 13.2 Å². The molecule has 0 radical (unpaired) electrons. The van der Waals surface area contributed by atoms with Crippen molar-refractivity contribution in [1.29, 1.82) is 0 Å². The van der Waals surface area contributed by atoms with E-state index >= 15 is 0 Å². The molecule has 0 heterocycles. The zero-order chi connectivity index (χ0) is 12.9. The average molecular weight is 295 g/mol. The van der Waals surface area contributed by atoms with Gasteiger partial charge < -0.3 is 10.1 Å². The summed E-state index contributed by atoms with van der Waals surface area (Å²) in [6, 6.07) is 5.06. The van der Waals surface area contributed by atoms with E-state index in [2.05, 4.69) is 10.0 Å². The van der Waals surface area contributed by atoms with Crippen molar-refractivity contribution in [2.75, 3.05) is 27.2 Å². The molecule has 18 heavy (non-hydrogen) atoms. The molecule has 0 amide bonds. The lowest BCUT2D eigenvalue weighted by Crippen LogP contribution is -2.30. The lowest BCUT2D eigenvalue weighted by Gasteiger charge is -2.11. The third kappa shape index (κ3) is 4.45. The highest BCUT2D eigenvalue weighted by Gasteiger charge is 2.18. The Hall–Kier alpha value is -0.820. The molecular weight excluding hydrogens is 276 g/mol. The normalized spacial score (nSPS) is 10.8. The fourth-order valence-corrected chi connectivity index (χ4v) is 2.67. The van der Waals surface area contributed by atoms with Gasteiger partial charge in [-0.3, -0.25) is 0 Å². The second kappa shape index (κ2) is 7.58. The van der Waals surface area contributed by atoms with E-state index in [1.807, 2.05) is 13.0 Å². The van der Waals surface area contributed by atoms with E-state index in [0.717, 1.165) is 5.56 Å². The molecule has 1 rings (SSSR count). The van der Waals surface area contributed by atoms with Crippen LogP contribution >= 0.6 is 12.4 Å². The quantitative estimate of drug-likeness (QED) is 0.766. The van der Waals surface area contributed by atoms with Gasteiger partial charge in [0.05, 0.1) is 7.11 Å². The molecule has 0 bridgehead atoms. The van der Waals surface area contributed by atoms with Gasteiger partial charge in [-0.1, -0.05) is 6.07 Å². The maximum Gasteiger partial charge on any atom is 0.244 e. The number of hydrogen-bond donors (Lipinski definition) is 2. The van der Waals surface area contributed by atoms with Gasteiger partial charge in [0.25, 0.3) is 0 Å². The summed E-state index contributed by atoms with van der Waals surface area (Å²) >= 11 is 0. The molecule has 5 nitrogen and oxygen atoms in total. The van der Waals surface area contributed by atoms with Crippen molar-refractivity contribution in [2.45, 2.75) is 11.8 Å². The SMILES string of the molecule is CNCCNS(=O)(=O)c1cc(C)ccc1OC.Cl. The highest BCUT2D eigenvalue weighted by atomic mass is 35.5. The Labute approximate surface area is 114 Å². The number of nitrogens with one attached hydrogen (secondary N) is 2. The zero-order valence-corrected chi connectivity index (χ0v) is 12.3. The lowest BCUT2D eigenvalue weighted by atomic mass is 10.2. The van der Waals surface area contributed by atoms with Crippen LogP contribution in [-0.4, -0.2) is 35.7 Å². The Morgan fingerprint density at radius 1 is 1.28 bits per heavy atom. The summed E-state index contributed by atoms with van der Waals surface area (Å²) in [6.07, 6.45) is 0. The first kappa shape index (κ1) is 17.2. The molecule has 0 atom stereocenters. The third-order valence-electron chi connectivity index (χ3n) is 2.28. The highest BCUT2D eigenvalue weighted by molar-refractivity contribution is 7.89. The summed E-state index contributed by atoms with van der Waals surface area (Å²) in [7, 11) is -0.292. The second-order valence-electron chi connectivity index (χ2n) is 3.66. The van der Waals surface area contributed by atoms with Crippen LogP contribution in [0, 0.1) is 6.92 Å². The predicted molar refractivity (Wildman–Crippen MR) is 74.1 cm³/mol. The Balaban J connectivity index is 0.00000289. The number of aryl methyl sites for hydroxylation is 1. The Bertz CT molecular complexity index is 477. The Kier molecular flexibility index (Phi) is 7.23. The van der Waals surface area contributed by atoms with Crippen molar-refractivity contribution in [3.8, 4) is 5.75 Å². The van der Waals surface area contributed by atoms with Crippen LogP contribution in [0.25, 0.3) is 0 Å². The van der Waals surface area contributed by atoms with Crippen molar-refractivity contribution in [2.24, 2.45) is 0 Å². The molecule has 0 aliphatic heterocycles. The minimum absolute atomic E-state index is 0. The first-order chi connectivity index (χ1) is 8.01. The number of sulfonamides is 1. The number of benzene rings is 1. The van der Waals surface area contributed by atoms with Crippen molar-refractivity contribution in [1.82, 2.24) is 10.0 Å². The number of rotatable bonds is 6. The van der Waals surface area contributed by atoms with Crippen LogP contribution in [0.15, 0.2) is 23.1 Å². The maximum absolute atomic E-state index is 12.0. The van der Waals surface area contributed by atoms with E-state index < -0.39 is 10.0 Å². The monoisotopic (exact) mass is 294 g/mol. The Morgan fingerprint density at radius 3 is 2.50 bits per heavy atom. The van der Waals surface area contributed by atoms with E-state index in [9.17, 15) is 8.42 Å². The van der Waals surface area contributed by atoms with E-state index in [-0.39, 0.29) is 17.3 Å². The molecule has 2 N–H and O–H groups in total. The molecule has 0 aliphatic carbocycles. The van der Waals surface area contributed by atoms with Crippen molar-refractivity contribution in [3.63, 3.8) is 0 Å². The van der Waals surface area contributed by atoms with Gasteiger partial charge in [0.1, 0.15) is 10.6 Å². The van der Waals surface area contributed by atoms with Crippen LogP contribution in [0.5, 0.6) is 5.75 Å². The number of ether oxygens (including phenoxy) is 1. The van der Waals surface area contributed by atoms with Crippen LogP contribution in [-0.2, 0) is 10.0 Å². The molecule has 1 aromatic carbocycles. The molecule has 104 valence electrons. The van der Waals surface area contributed by atoms with Gasteiger partial charge in [-0.05, 0) is 31.7 Å². The third-order valence-corrected chi connectivity index (χ3v) is 3.76. The van der Waals surface area contributed by atoms with Crippen LogP contribution in [0.1, 0.15) is 5.56 Å². The van der Waals surface area contributed by atoms with Crippen molar-refractivity contribution in [3.05, 3.63) is 23.8 Å². The summed E-state index contributed by atoms with van der Waals surface area (Å²) in [5.74, 6) is 0.354. The topological polar surface area (TPSA) is 67.4 Å². The molecule has 7 heteroatoms. The van der Waals surface area contributed by atoms with Gasteiger partial charge >= 0.3 is 0 Å². The number of halogens is 1. The van der Waals surface area contributed by atoms with E-state index in [0.29, 0.717) is 18.8 Å². The summed E-state index contributed by atoms with van der Waals surface area (Å²) < 4.78 is 31.6. The molecule has 0 unspecified atom stereocenters. The molecule has 0 aromatic heterocycles. The maximum atomic E-state index is 12.0.